The number of nitrogens with zero attached hydrogens (tertiary/aromatic N) is 1. The van der Waals surface area contributed by atoms with Crippen molar-refractivity contribution in [3.05, 3.63) is 34.3 Å². The maximum atomic E-state index is 6.09. The molecule has 112 valence electrons. The van der Waals surface area contributed by atoms with E-state index in [0.717, 1.165) is 23.9 Å². The topological polar surface area (TPSA) is 15.3 Å². The molecule has 1 aliphatic rings. The standard InChI is InChI=1S/C17H27ClN2/c1-12(2)9-15(11-20(3)4)19-17-8-5-13-10-14(18)6-7-16(13)17/h6-7,10,12,15,17,19H,5,8-9,11H2,1-4H3. The van der Waals surface area contributed by atoms with Gasteiger partial charge < -0.3 is 10.2 Å². The molecule has 0 saturated carbocycles. The molecule has 0 heterocycles. The molecule has 0 bridgehead atoms. The van der Waals surface area contributed by atoms with Crippen LogP contribution in [0.4, 0.5) is 0 Å². The molecule has 0 aliphatic heterocycles. The molecule has 2 rings (SSSR count). The molecule has 1 N–H and O–H groups in total. The van der Waals surface area contributed by atoms with Crippen molar-refractivity contribution in [3.8, 4) is 0 Å². The van der Waals surface area contributed by atoms with E-state index < -0.39 is 0 Å². The maximum Gasteiger partial charge on any atom is 0.0408 e. The predicted octanol–water partition coefficient (Wildman–Crippen LogP) is 3.89. The summed E-state index contributed by atoms with van der Waals surface area (Å²) in [6.07, 6.45) is 3.55. The molecule has 3 heteroatoms. The summed E-state index contributed by atoms with van der Waals surface area (Å²) in [6.45, 7) is 5.69. The van der Waals surface area contributed by atoms with Gasteiger partial charge in [0.25, 0.3) is 0 Å². The van der Waals surface area contributed by atoms with Gasteiger partial charge in [-0.25, -0.2) is 0 Å². The summed E-state index contributed by atoms with van der Waals surface area (Å²) in [6, 6.07) is 7.39. The minimum atomic E-state index is 0.492. The fourth-order valence-corrected chi connectivity index (χ4v) is 3.44. The van der Waals surface area contributed by atoms with Crippen molar-refractivity contribution in [2.45, 2.75) is 45.2 Å². The van der Waals surface area contributed by atoms with Crippen LogP contribution >= 0.6 is 11.6 Å². The Balaban J connectivity index is 2.05. The molecule has 0 aromatic heterocycles. The average Bonchev–Trinajstić information content (AvgIpc) is 2.69. The molecule has 0 fully saturated rings. The Kier molecular flexibility index (Phi) is 5.48. The van der Waals surface area contributed by atoms with Crippen LogP contribution in [-0.4, -0.2) is 31.6 Å². The molecule has 0 radical (unpaired) electrons. The zero-order valence-electron chi connectivity index (χ0n) is 13.1. The van der Waals surface area contributed by atoms with Crippen LogP contribution in [0.5, 0.6) is 0 Å². The van der Waals surface area contributed by atoms with E-state index in [0.29, 0.717) is 12.1 Å². The highest BCUT2D eigenvalue weighted by atomic mass is 35.5. The lowest BCUT2D eigenvalue weighted by Gasteiger charge is -2.27. The Bertz CT molecular complexity index is 433. The van der Waals surface area contributed by atoms with E-state index in [9.17, 15) is 0 Å². The fraction of sp³-hybridized carbons (Fsp3) is 0.647. The van der Waals surface area contributed by atoms with Gasteiger partial charge >= 0.3 is 0 Å². The lowest BCUT2D eigenvalue weighted by Crippen LogP contribution is -2.40. The van der Waals surface area contributed by atoms with Gasteiger partial charge in [-0.2, -0.15) is 0 Å². The number of hydrogen-bond acceptors (Lipinski definition) is 2. The number of benzene rings is 1. The molecular weight excluding hydrogens is 268 g/mol. The number of likely N-dealkylation sites (N-methyl/N-ethyl adjacent to an activating group) is 1. The number of hydrogen-bond donors (Lipinski definition) is 1. The molecule has 20 heavy (non-hydrogen) atoms. The van der Waals surface area contributed by atoms with Gasteiger partial charge in [-0.05, 0) is 62.5 Å². The first-order valence-electron chi connectivity index (χ1n) is 7.64. The second-order valence-corrected chi connectivity index (χ2v) is 7.13. The third kappa shape index (κ3) is 4.21. The summed E-state index contributed by atoms with van der Waals surface area (Å²) in [5, 5.41) is 4.73. The van der Waals surface area contributed by atoms with Crippen molar-refractivity contribution < 1.29 is 0 Å². The van der Waals surface area contributed by atoms with Crippen molar-refractivity contribution >= 4 is 11.6 Å². The second-order valence-electron chi connectivity index (χ2n) is 6.69. The first-order chi connectivity index (χ1) is 9.45. The van der Waals surface area contributed by atoms with Crippen LogP contribution in [0, 0.1) is 5.92 Å². The minimum Gasteiger partial charge on any atom is -0.308 e. The Morgan fingerprint density at radius 3 is 2.75 bits per heavy atom. The number of aryl methyl sites for hydroxylation is 1. The molecule has 0 saturated heterocycles. The van der Waals surface area contributed by atoms with Gasteiger partial charge in [-0.1, -0.05) is 31.5 Å². The quantitative estimate of drug-likeness (QED) is 0.856. The van der Waals surface area contributed by atoms with Gasteiger partial charge in [0.15, 0.2) is 0 Å². The molecule has 0 spiro atoms. The van der Waals surface area contributed by atoms with Crippen LogP contribution in [0.25, 0.3) is 0 Å². The average molecular weight is 295 g/mol. The van der Waals surface area contributed by atoms with Crippen molar-refractivity contribution in [1.29, 1.82) is 0 Å². The van der Waals surface area contributed by atoms with Gasteiger partial charge in [0.1, 0.15) is 0 Å². The van der Waals surface area contributed by atoms with Crippen molar-refractivity contribution in [2.24, 2.45) is 5.92 Å². The number of fused-ring (bicyclic) bond motifs is 1. The molecule has 2 atom stereocenters. The van der Waals surface area contributed by atoms with Crippen LogP contribution in [0.3, 0.4) is 0 Å². The molecular formula is C17H27ClN2. The highest BCUT2D eigenvalue weighted by molar-refractivity contribution is 6.30. The van der Waals surface area contributed by atoms with Gasteiger partial charge in [0.05, 0.1) is 0 Å². The molecule has 2 unspecified atom stereocenters. The maximum absolute atomic E-state index is 6.09. The summed E-state index contributed by atoms with van der Waals surface area (Å²) in [5.41, 5.74) is 2.87. The van der Waals surface area contributed by atoms with E-state index in [1.165, 1.54) is 24.0 Å². The van der Waals surface area contributed by atoms with Crippen LogP contribution < -0.4 is 5.32 Å². The highest BCUT2D eigenvalue weighted by Gasteiger charge is 2.25. The van der Waals surface area contributed by atoms with Crippen LogP contribution in [-0.2, 0) is 6.42 Å². The Labute approximate surface area is 128 Å². The fourth-order valence-electron chi connectivity index (χ4n) is 3.25. The number of nitrogens with one attached hydrogen (secondary N) is 1. The number of halogens is 1. The van der Waals surface area contributed by atoms with E-state index in [2.05, 4.69) is 50.3 Å². The zero-order chi connectivity index (χ0) is 14.7. The van der Waals surface area contributed by atoms with Gasteiger partial charge in [-0.3, -0.25) is 0 Å². The van der Waals surface area contributed by atoms with Crippen molar-refractivity contribution in [2.75, 3.05) is 20.6 Å². The van der Waals surface area contributed by atoms with E-state index in [-0.39, 0.29) is 0 Å². The number of rotatable bonds is 6. The Hall–Kier alpha value is -0.570. The zero-order valence-corrected chi connectivity index (χ0v) is 13.9. The Morgan fingerprint density at radius 1 is 1.35 bits per heavy atom. The van der Waals surface area contributed by atoms with Gasteiger partial charge in [-0.15, -0.1) is 0 Å². The summed E-state index contributed by atoms with van der Waals surface area (Å²) in [5.74, 6) is 0.721. The summed E-state index contributed by atoms with van der Waals surface area (Å²) in [4.78, 5) is 2.28. The van der Waals surface area contributed by atoms with Crippen molar-refractivity contribution in [1.82, 2.24) is 10.2 Å². The molecule has 2 nitrogen and oxygen atoms in total. The SMILES string of the molecule is CC(C)CC(CN(C)C)NC1CCc2cc(Cl)ccc21. The Morgan fingerprint density at radius 2 is 2.10 bits per heavy atom. The minimum absolute atomic E-state index is 0.492. The van der Waals surface area contributed by atoms with E-state index in [1.54, 1.807) is 0 Å². The van der Waals surface area contributed by atoms with Crippen LogP contribution in [0.1, 0.15) is 43.9 Å². The summed E-state index contributed by atoms with van der Waals surface area (Å²) < 4.78 is 0. The van der Waals surface area contributed by atoms with Crippen LogP contribution in [0.15, 0.2) is 18.2 Å². The lowest BCUT2D eigenvalue weighted by molar-refractivity contribution is 0.286. The van der Waals surface area contributed by atoms with Gasteiger partial charge in [0, 0.05) is 23.7 Å². The first-order valence-corrected chi connectivity index (χ1v) is 8.02. The lowest BCUT2D eigenvalue weighted by atomic mass is 10.0. The monoisotopic (exact) mass is 294 g/mol. The van der Waals surface area contributed by atoms with Crippen molar-refractivity contribution in [3.63, 3.8) is 0 Å². The van der Waals surface area contributed by atoms with E-state index >= 15 is 0 Å². The smallest absolute Gasteiger partial charge is 0.0408 e. The normalized spacial score (nSPS) is 19.6. The third-order valence-electron chi connectivity index (χ3n) is 3.96. The predicted molar refractivity (Wildman–Crippen MR) is 87.4 cm³/mol. The third-order valence-corrected chi connectivity index (χ3v) is 4.20. The van der Waals surface area contributed by atoms with E-state index in [4.69, 9.17) is 11.6 Å². The first kappa shape index (κ1) is 15.8. The molecule has 0 amide bonds. The molecule has 1 aliphatic carbocycles. The molecule has 1 aromatic rings. The summed E-state index contributed by atoms with van der Waals surface area (Å²) in [7, 11) is 4.30. The van der Waals surface area contributed by atoms with E-state index in [1.807, 2.05) is 6.07 Å². The van der Waals surface area contributed by atoms with Crippen LogP contribution in [0.2, 0.25) is 5.02 Å². The largest absolute Gasteiger partial charge is 0.308 e. The second kappa shape index (κ2) is 6.93. The molecule has 1 aromatic carbocycles. The summed E-state index contributed by atoms with van der Waals surface area (Å²) >= 11 is 6.09. The highest BCUT2D eigenvalue weighted by Crippen LogP contribution is 2.33. The van der Waals surface area contributed by atoms with Gasteiger partial charge in [0.2, 0.25) is 0 Å².